The van der Waals surface area contributed by atoms with E-state index in [2.05, 4.69) is 5.32 Å². The number of carbonyl (C=O) groups excluding carboxylic acids is 1. The van der Waals surface area contributed by atoms with Gasteiger partial charge in [-0.15, -0.1) is 0 Å². The van der Waals surface area contributed by atoms with E-state index in [1.807, 2.05) is 25.1 Å². The van der Waals surface area contributed by atoms with Crippen LogP contribution in [0.3, 0.4) is 0 Å². The summed E-state index contributed by atoms with van der Waals surface area (Å²) in [6.07, 6.45) is 0. The largest absolute Gasteiger partial charge is 0.352 e. The smallest absolute Gasteiger partial charge is 0.224 e. The van der Waals surface area contributed by atoms with E-state index in [1.165, 1.54) is 0 Å². The zero-order valence-electron chi connectivity index (χ0n) is 10.1. The minimum atomic E-state index is -0.201. The number of amides is 1. The molecular weight excluding hydrogens is 214 g/mol. The molecule has 0 aliphatic heterocycles. The molecule has 4 nitrogen and oxygen atoms in total. The Morgan fingerprint density at radius 1 is 1.41 bits per heavy atom. The van der Waals surface area contributed by atoms with Gasteiger partial charge in [0.1, 0.15) is 0 Å². The topological polar surface area (TPSA) is 78.9 Å². The molecule has 0 saturated heterocycles. The Labute approximate surface area is 101 Å². The second kappa shape index (κ2) is 6.02. The Morgan fingerprint density at radius 3 is 2.47 bits per heavy atom. The lowest BCUT2D eigenvalue weighted by molar-refractivity contribution is -0.125. The van der Waals surface area contributed by atoms with Crippen molar-refractivity contribution in [3.63, 3.8) is 0 Å². The fraction of sp³-hybridized carbons (Fsp3) is 0.385. The van der Waals surface area contributed by atoms with Crippen molar-refractivity contribution >= 4 is 5.91 Å². The third kappa shape index (κ3) is 3.89. The van der Waals surface area contributed by atoms with Crippen molar-refractivity contribution in [3.05, 3.63) is 35.4 Å². The fourth-order valence-corrected chi connectivity index (χ4v) is 1.29. The normalized spacial score (nSPS) is 13.5. The molecule has 0 spiro atoms. The molecule has 90 valence electrons. The average Bonchev–Trinajstić information content (AvgIpc) is 2.35. The molecule has 0 heterocycles. The first-order valence-electron chi connectivity index (χ1n) is 5.57. The van der Waals surface area contributed by atoms with Crippen LogP contribution in [0.5, 0.6) is 0 Å². The van der Waals surface area contributed by atoms with Crippen LogP contribution < -0.4 is 11.1 Å². The summed E-state index contributed by atoms with van der Waals surface area (Å²) in [5.41, 5.74) is 7.23. The zero-order chi connectivity index (χ0) is 12.8. The summed E-state index contributed by atoms with van der Waals surface area (Å²) in [6, 6.07) is 9.01. The highest BCUT2D eigenvalue weighted by Crippen LogP contribution is 2.04. The number of benzene rings is 1. The van der Waals surface area contributed by atoms with Gasteiger partial charge in [0, 0.05) is 18.5 Å². The third-order valence-corrected chi connectivity index (χ3v) is 2.75. The minimum Gasteiger partial charge on any atom is -0.352 e. The molecular formula is C13H17N3O. The summed E-state index contributed by atoms with van der Waals surface area (Å²) < 4.78 is 0. The van der Waals surface area contributed by atoms with Crippen LogP contribution in [0, 0.1) is 17.2 Å². The van der Waals surface area contributed by atoms with Crippen molar-refractivity contribution < 1.29 is 4.79 Å². The van der Waals surface area contributed by atoms with Crippen molar-refractivity contribution in [2.75, 3.05) is 0 Å². The quantitative estimate of drug-likeness (QED) is 0.816. The average molecular weight is 231 g/mol. The van der Waals surface area contributed by atoms with E-state index in [0.29, 0.717) is 12.1 Å². The molecule has 4 heteroatoms. The molecule has 0 fully saturated rings. The van der Waals surface area contributed by atoms with Gasteiger partial charge in [-0.25, -0.2) is 0 Å². The van der Waals surface area contributed by atoms with Gasteiger partial charge in [0.15, 0.2) is 0 Å². The predicted octanol–water partition coefficient (Wildman–Crippen LogP) is 1.16. The van der Waals surface area contributed by atoms with Gasteiger partial charge in [0.25, 0.3) is 0 Å². The maximum absolute atomic E-state index is 11.6. The summed E-state index contributed by atoms with van der Waals surface area (Å²) in [5, 5.41) is 11.5. The van der Waals surface area contributed by atoms with E-state index in [-0.39, 0.29) is 17.9 Å². The van der Waals surface area contributed by atoms with E-state index < -0.39 is 0 Å². The summed E-state index contributed by atoms with van der Waals surface area (Å²) in [4.78, 5) is 11.6. The summed E-state index contributed by atoms with van der Waals surface area (Å²) in [5.74, 6) is -0.252. The Kier molecular flexibility index (Phi) is 4.68. The highest BCUT2D eigenvalue weighted by Gasteiger charge is 2.16. The van der Waals surface area contributed by atoms with Crippen LogP contribution in [-0.2, 0) is 11.3 Å². The van der Waals surface area contributed by atoms with Crippen LogP contribution >= 0.6 is 0 Å². The van der Waals surface area contributed by atoms with Crippen LogP contribution in [0.25, 0.3) is 0 Å². The molecule has 0 aliphatic rings. The van der Waals surface area contributed by atoms with E-state index in [0.717, 1.165) is 5.56 Å². The van der Waals surface area contributed by atoms with Gasteiger partial charge in [-0.2, -0.15) is 5.26 Å². The van der Waals surface area contributed by atoms with Crippen LogP contribution in [0.2, 0.25) is 0 Å². The van der Waals surface area contributed by atoms with E-state index in [9.17, 15) is 4.79 Å². The zero-order valence-corrected chi connectivity index (χ0v) is 10.1. The first-order valence-corrected chi connectivity index (χ1v) is 5.57. The molecule has 0 bridgehead atoms. The first kappa shape index (κ1) is 13.2. The predicted molar refractivity (Wildman–Crippen MR) is 65.8 cm³/mol. The van der Waals surface area contributed by atoms with Gasteiger partial charge in [0.05, 0.1) is 11.6 Å². The molecule has 1 aromatic carbocycles. The van der Waals surface area contributed by atoms with Gasteiger partial charge >= 0.3 is 0 Å². The van der Waals surface area contributed by atoms with Crippen LogP contribution in [0.1, 0.15) is 25.0 Å². The second-order valence-electron chi connectivity index (χ2n) is 4.17. The highest BCUT2D eigenvalue weighted by molar-refractivity contribution is 5.78. The number of nitriles is 1. The van der Waals surface area contributed by atoms with Crippen LogP contribution in [-0.4, -0.2) is 11.9 Å². The number of hydrogen-bond donors (Lipinski definition) is 2. The Morgan fingerprint density at radius 2 is 2.00 bits per heavy atom. The standard InChI is InChI=1S/C13H17N3O/c1-9(10(2)15)13(17)16-8-12-5-3-11(7-14)4-6-12/h3-6,9-10H,8,15H2,1-2H3,(H,16,17). The molecule has 0 aliphatic carbocycles. The Hall–Kier alpha value is -1.86. The number of carbonyl (C=O) groups is 1. The van der Waals surface area contributed by atoms with Crippen molar-refractivity contribution in [1.29, 1.82) is 5.26 Å². The van der Waals surface area contributed by atoms with Gasteiger partial charge < -0.3 is 11.1 Å². The van der Waals surface area contributed by atoms with Crippen molar-refractivity contribution in [1.82, 2.24) is 5.32 Å². The van der Waals surface area contributed by atoms with Crippen molar-refractivity contribution in [2.24, 2.45) is 11.7 Å². The lowest BCUT2D eigenvalue weighted by atomic mass is 10.0. The maximum Gasteiger partial charge on any atom is 0.224 e. The molecule has 0 radical (unpaired) electrons. The monoisotopic (exact) mass is 231 g/mol. The SMILES string of the molecule is CC(N)C(C)C(=O)NCc1ccc(C#N)cc1. The Bertz CT molecular complexity index is 417. The van der Waals surface area contributed by atoms with Gasteiger partial charge in [-0.05, 0) is 24.6 Å². The van der Waals surface area contributed by atoms with Gasteiger partial charge in [-0.3, -0.25) is 4.79 Å². The highest BCUT2D eigenvalue weighted by atomic mass is 16.1. The molecule has 0 aromatic heterocycles. The van der Waals surface area contributed by atoms with E-state index >= 15 is 0 Å². The summed E-state index contributed by atoms with van der Waals surface area (Å²) >= 11 is 0. The van der Waals surface area contributed by atoms with Gasteiger partial charge in [-0.1, -0.05) is 19.1 Å². The fourth-order valence-electron chi connectivity index (χ4n) is 1.29. The molecule has 1 amide bonds. The molecule has 0 saturated carbocycles. The summed E-state index contributed by atoms with van der Waals surface area (Å²) in [7, 11) is 0. The molecule has 3 N–H and O–H groups in total. The first-order chi connectivity index (χ1) is 8.04. The third-order valence-electron chi connectivity index (χ3n) is 2.75. The minimum absolute atomic E-state index is 0.0515. The molecule has 1 aromatic rings. The van der Waals surface area contributed by atoms with Crippen LogP contribution in [0.4, 0.5) is 0 Å². The molecule has 2 unspecified atom stereocenters. The van der Waals surface area contributed by atoms with Crippen molar-refractivity contribution in [3.8, 4) is 6.07 Å². The lowest BCUT2D eigenvalue weighted by Crippen LogP contribution is -2.38. The Balaban J connectivity index is 2.50. The van der Waals surface area contributed by atoms with Crippen LogP contribution in [0.15, 0.2) is 24.3 Å². The maximum atomic E-state index is 11.6. The number of hydrogen-bond acceptors (Lipinski definition) is 3. The second-order valence-corrected chi connectivity index (χ2v) is 4.17. The molecule has 1 rings (SSSR count). The number of rotatable bonds is 4. The number of nitrogens with two attached hydrogens (primary N) is 1. The van der Waals surface area contributed by atoms with Gasteiger partial charge in [0.2, 0.25) is 5.91 Å². The van der Waals surface area contributed by atoms with E-state index in [4.69, 9.17) is 11.0 Å². The number of nitrogens with zero attached hydrogens (tertiary/aromatic N) is 1. The van der Waals surface area contributed by atoms with Crippen molar-refractivity contribution in [2.45, 2.75) is 26.4 Å². The summed E-state index contributed by atoms with van der Waals surface area (Å²) in [6.45, 7) is 4.08. The number of nitrogens with one attached hydrogen (secondary N) is 1. The molecule has 2 atom stereocenters. The lowest BCUT2D eigenvalue weighted by Gasteiger charge is -2.15. The van der Waals surface area contributed by atoms with E-state index in [1.54, 1.807) is 19.1 Å². The molecule has 17 heavy (non-hydrogen) atoms.